The monoisotopic (exact) mass is 511 g/mol. The average molecular weight is 512 g/mol. The van der Waals surface area contributed by atoms with Crippen molar-refractivity contribution in [2.24, 2.45) is 0 Å². The van der Waals surface area contributed by atoms with Crippen molar-refractivity contribution in [2.45, 2.75) is 0 Å². The number of fused-ring (bicyclic) bond motifs is 18. The van der Waals surface area contributed by atoms with Crippen LogP contribution < -0.4 is 0 Å². The van der Waals surface area contributed by atoms with Crippen LogP contribution in [0.5, 0.6) is 0 Å². The number of rotatable bonds is 0. The SMILES string of the molecule is c1ccc2c(c1)oc1ccc3c(c4cc5oc6ccccc6c5c5c6c7c(ccc6n3c45)oc3ccccc37)c12. The Labute approximate surface area is 224 Å². The summed E-state index contributed by atoms with van der Waals surface area (Å²) in [4.78, 5) is 0. The number of benzene rings is 6. The third kappa shape index (κ3) is 2.05. The molecule has 0 fully saturated rings. The fourth-order valence-electron chi connectivity index (χ4n) is 7.42. The summed E-state index contributed by atoms with van der Waals surface area (Å²) in [6, 6.07) is 35.9. The van der Waals surface area contributed by atoms with Crippen molar-refractivity contribution < 1.29 is 13.3 Å². The van der Waals surface area contributed by atoms with E-state index in [1.165, 1.54) is 32.6 Å². The van der Waals surface area contributed by atoms with E-state index in [1.807, 2.05) is 24.3 Å². The lowest BCUT2D eigenvalue weighted by Crippen LogP contribution is -1.80. The second-order valence-electron chi connectivity index (χ2n) is 10.8. The third-order valence-corrected chi connectivity index (χ3v) is 8.91. The number of para-hydroxylation sites is 3. The molecule has 11 rings (SSSR count). The summed E-state index contributed by atoms with van der Waals surface area (Å²) in [6.45, 7) is 0. The van der Waals surface area contributed by atoms with Crippen molar-refractivity contribution in [3.8, 4) is 0 Å². The molecule has 0 saturated heterocycles. The Morgan fingerprint density at radius 3 is 1.43 bits per heavy atom. The maximum absolute atomic E-state index is 6.57. The molecule has 4 nitrogen and oxygen atoms in total. The molecule has 0 aliphatic carbocycles. The molecule has 6 aromatic carbocycles. The first kappa shape index (κ1) is 19.6. The van der Waals surface area contributed by atoms with Crippen molar-refractivity contribution in [3.05, 3.63) is 103 Å². The van der Waals surface area contributed by atoms with Gasteiger partial charge in [0.15, 0.2) is 0 Å². The van der Waals surface area contributed by atoms with Crippen LogP contribution in [0.2, 0.25) is 0 Å². The number of hydrogen-bond donors (Lipinski definition) is 0. The van der Waals surface area contributed by atoms with Crippen LogP contribution in [0, 0.1) is 0 Å². The number of hydrogen-bond acceptors (Lipinski definition) is 3. The minimum atomic E-state index is 0.894. The molecule has 11 aromatic rings. The second kappa shape index (κ2) is 6.38. The molecule has 0 bridgehead atoms. The van der Waals surface area contributed by atoms with Crippen molar-refractivity contribution in [1.82, 2.24) is 4.40 Å². The second-order valence-corrected chi connectivity index (χ2v) is 10.8. The predicted octanol–water partition coefficient (Wildman–Crippen LogP) is 10.5. The van der Waals surface area contributed by atoms with Gasteiger partial charge >= 0.3 is 0 Å². The molecule has 184 valence electrons. The summed E-state index contributed by atoms with van der Waals surface area (Å²) in [5.41, 5.74) is 8.93. The molecule has 5 aromatic heterocycles. The lowest BCUT2D eigenvalue weighted by atomic mass is 9.98. The van der Waals surface area contributed by atoms with Crippen molar-refractivity contribution in [2.75, 3.05) is 0 Å². The van der Waals surface area contributed by atoms with Crippen LogP contribution in [0.1, 0.15) is 0 Å². The van der Waals surface area contributed by atoms with E-state index in [2.05, 4.69) is 83.3 Å². The molecular formula is C36H17NO3. The number of furan rings is 3. The highest BCUT2D eigenvalue weighted by molar-refractivity contribution is 6.42. The molecule has 5 heterocycles. The Bertz CT molecular complexity index is 2870. The van der Waals surface area contributed by atoms with Gasteiger partial charge in [0.1, 0.15) is 33.5 Å². The van der Waals surface area contributed by atoms with E-state index in [4.69, 9.17) is 13.3 Å². The first-order valence-corrected chi connectivity index (χ1v) is 13.5. The molecule has 40 heavy (non-hydrogen) atoms. The van der Waals surface area contributed by atoms with Gasteiger partial charge in [0.25, 0.3) is 0 Å². The first-order valence-electron chi connectivity index (χ1n) is 13.5. The van der Waals surface area contributed by atoms with Crippen LogP contribution in [0.3, 0.4) is 0 Å². The first-order chi connectivity index (χ1) is 19.8. The van der Waals surface area contributed by atoms with E-state index >= 15 is 0 Å². The van der Waals surface area contributed by atoms with Gasteiger partial charge in [0.2, 0.25) is 0 Å². The molecule has 0 atom stereocenters. The molecule has 0 N–H and O–H groups in total. The van der Waals surface area contributed by atoms with Crippen molar-refractivity contribution >= 4 is 104 Å². The summed E-state index contributed by atoms with van der Waals surface area (Å²) in [7, 11) is 0. The largest absolute Gasteiger partial charge is 0.456 e. The summed E-state index contributed by atoms with van der Waals surface area (Å²) in [5, 5.41) is 11.6. The van der Waals surface area contributed by atoms with E-state index in [-0.39, 0.29) is 0 Å². The van der Waals surface area contributed by atoms with Gasteiger partial charge in [0.05, 0.1) is 16.6 Å². The predicted molar refractivity (Wildman–Crippen MR) is 163 cm³/mol. The van der Waals surface area contributed by atoms with Crippen LogP contribution in [0.4, 0.5) is 0 Å². The zero-order valence-electron chi connectivity index (χ0n) is 21.0. The molecular weight excluding hydrogens is 494 g/mol. The van der Waals surface area contributed by atoms with Gasteiger partial charge in [-0.15, -0.1) is 0 Å². The Hall–Kier alpha value is -5.48. The standard InChI is InChI=1S/C36H17NO3/c1-4-10-24-18(7-1)31-27(38-24)15-13-22-30(31)21-17-29-33(20-9-3-6-12-26(20)40-29)35-34-23(37(22)36(21)35)14-16-28-32(34)19-8-2-5-11-25(19)39-28/h1-17H. The molecule has 4 heteroatoms. The molecule has 0 radical (unpaired) electrons. The zero-order chi connectivity index (χ0) is 25.7. The zero-order valence-corrected chi connectivity index (χ0v) is 21.0. The van der Waals surface area contributed by atoms with Gasteiger partial charge in [-0.3, -0.25) is 0 Å². The van der Waals surface area contributed by atoms with Gasteiger partial charge in [-0.2, -0.15) is 0 Å². The molecule has 0 aliphatic rings. The van der Waals surface area contributed by atoms with Crippen LogP contribution in [-0.2, 0) is 0 Å². The third-order valence-electron chi connectivity index (χ3n) is 8.91. The van der Waals surface area contributed by atoms with Crippen LogP contribution in [-0.4, -0.2) is 4.40 Å². The Balaban J connectivity index is 1.54. The average Bonchev–Trinajstić information content (AvgIpc) is 3.78. The number of nitrogens with zero attached hydrogens (tertiary/aromatic N) is 1. The smallest absolute Gasteiger partial charge is 0.136 e. The lowest BCUT2D eigenvalue weighted by molar-refractivity contribution is 0.669. The molecule has 0 saturated carbocycles. The fraction of sp³-hybridized carbons (Fsp3) is 0. The van der Waals surface area contributed by atoms with E-state index in [0.29, 0.717) is 0 Å². The molecule has 0 amide bonds. The van der Waals surface area contributed by atoms with Gasteiger partial charge in [-0.25, -0.2) is 0 Å². The summed E-state index contributed by atoms with van der Waals surface area (Å²) < 4.78 is 21.7. The minimum absolute atomic E-state index is 0.894. The minimum Gasteiger partial charge on any atom is -0.456 e. The Morgan fingerprint density at radius 1 is 0.350 bits per heavy atom. The lowest BCUT2D eigenvalue weighted by Gasteiger charge is -2.02. The molecule has 0 aliphatic heterocycles. The van der Waals surface area contributed by atoms with Crippen LogP contribution in [0.25, 0.3) is 104 Å². The van der Waals surface area contributed by atoms with Crippen LogP contribution >= 0.6 is 0 Å². The highest BCUT2D eigenvalue weighted by Crippen LogP contribution is 2.50. The fourth-order valence-corrected chi connectivity index (χ4v) is 7.42. The normalized spacial score (nSPS) is 13.0. The maximum Gasteiger partial charge on any atom is 0.136 e. The molecule has 0 unspecified atom stereocenters. The van der Waals surface area contributed by atoms with E-state index in [1.54, 1.807) is 0 Å². The van der Waals surface area contributed by atoms with Gasteiger partial charge < -0.3 is 17.7 Å². The Morgan fingerprint density at radius 2 is 0.825 bits per heavy atom. The summed E-state index contributed by atoms with van der Waals surface area (Å²) in [5.74, 6) is 0. The van der Waals surface area contributed by atoms with E-state index in [9.17, 15) is 0 Å². The van der Waals surface area contributed by atoms with Gasteiger partial charge in [-0.05, 0) is 48.5 Å². The Kier molecular flexibility index (Phi) is 3.12. The maximum atomic E-state index is 6.57. The topological polar surface area (TPSA) is 43.8 Å². The van der Waals surface area contributed by atoms with Crippen LogP contribution in [0.15, 0.2) is 116 Å². The number of aromatic nitrogens is 1. The van der Waals surface area contributed by atoms with Crippen molar-refractivity contribution in [1.29, 1.82) is 0 Å². The van der Waals surface area contributed by atoms with E-state index < -0.39 is 0 Å². The van der Waals surface area contributed by atoms with Gasteiger partial charge in [-0.1, -0.05) is 54.6 Å². The highest BCUT2D eigenvalue weighted by atomic mass is 16.3. The van der Waals surface area contributed by atoms with E-state index in [0.717, 1.165) is 71.3 Å². The highest BCUT2D eigenvalue weighted by Gasteiger charge is 2.27. The molecule has 0 spiro atoms. The van der Waals surface area contributed by atoms with Gasteiger partial charge in [0, 0.05) is 53.9 Å². The van der Waals surface area contributed by atoms with Crippen molar-refractivity contribution in [3.63, 3.8) is 0 Å². The quantitative estimate of drug-likeness (QED) is 0.203. The summed E-state index contributed by atoms with van der Waals surface area (Å²) in [6.07, 6.45) is 0. The summed E-state index contributed by atoms with van der Waals surface area (Å²) >= 11 is 0.